The predicted molar refractivity (Wildman–Crippen MR) is 117 cm³/mol. The van der Waals surface area contributed by atoms with Crippen LogP contribution in [0.4, 0.5) is 11.4 Å². The number of ether oxygens (including phenoxy) is 1. The summed E-state index contributed by atoms with van der Waals surface area (Å²) in [5, 5.41) is 1.45. The van der Waals surface area contributed by atoms with Crippen LogP contribution in [0.25, 0.3) is 0 Å². The first-order chi connectivity index (χ1) is 14.0. The van der Waals surface area contributed by atoms with Gasteiger partial charge < -0.3 is 4.74 Å². The highest BCUT2D eigenvalue weighted by Gasteiger charge is 2.31. The summed E-state index contributed by atoms with van der Waals surface area (Å²) in [7, 11) is -3.71. The fraction of sp³-hybridized carbons (Fsp3) is 0.478. The van der Waals surface area contributed by atoms with Crippen molar-refractivity contribution >= 4 is 21.5 Å². The molecule has 0 radical (unpaired) electrons. The summed E-state index contributed by atoms with van der Waals surface area (Å²) in [6.45, 7) is 6.16. The molecule has 158 valence electrons. The van der Waals surface area contributed by atoms with Crippen molar-refractivity contribution in [3.63, 3.8) is 0 Å². The molecule has 29 heavy (non-hydrogen) atoms. The van der Waals surface area contributed by atoms with Crippen molar-refractivity contribution in [3.05, 3.63) is 47.5 Å². The molecule has 0 amide bonds. The zero-order chi connectivity index (χ0) is 20.9. The summed E-state index contributed by atoms with van der Waals surface area (Å²) in [6, 6.07) is 11.6. The number of anilines is 2. The van der Waals surface area contributed by atoms with Gasteiger partial charge in [-0.3, -0.25) is 0 Å². The number of rotatable bonds is 10. The Kier molecular flexibility index (Phi) is 7.19. The van der Waals surface area contributed by atoms with Crippen LogP contribution in [0.15, 0.2) is 36.4 Å². The number of para-hydroxylation sites is 2. The van der Waals surface area contributed by atoms with Crippen LogP contribution in [-0.2, 0) is 27.2 Å². The van der Waals surface area contributed by atoms with Crippen LogP contribution in [-0.4, -0.2) is 14.2 Å². The number of nitrogens with zero attached hydrogens (tertiary/aromatic N) is 1. The zero-order valence-electron chi connectivity index (χ0n) is 17.6. The minimum atomic E-state index is -3.71. The number of hydrogen-bond donors (Lipinski definition) is 0. The van der Waals surface area contributed by atoms with E-state index in [1.807, 2.05) is 37.3 Å². The summed E-state index contributed by atoms with van der Waals surface area (Å²) in [4.78, 5) is 0. The van der Waals surface area contributed by atoms with Gasteiger partial charge in [-0.25, -0.2) is 0 Å². The van der Waals surface area contributed by atoms with E-state index >= 15 is 0 Å². The van der Waals surface area contributed by atoms with Crippen LogP contribution < -0.4 is 9.80 Å². The van der Waals surface area contributed by atoms with Gasteiger partial charge in [0.25, 0.3) is 10.1 Å². The zero-order valence-corrected chi connectivity index (χ0v) is 18.4. The van der Waals surface area contributed by atoms with Crippen molar-refractivity contribution in [1.29, 1.82) is 0 Å². The van der Waals surface area contributed by atoms with Crippen LogP contribution in [0.3, 0.4) is 0 Å². The lowest BCUT2D eigenvalue weighted by Gasteiger charge is -2.32. The Bertz CT molecular complexity index is 940. The summed E-state index contributed by atoms with van der Waals surface area (Å²) in [6.07, 6.45) is 6.64. The SMILES string of the molecule is CCCCc1cc(CCCC)c2c(c1)N(OS(=O)(=O)CCC)c1ccccc1O2. The van der Waals surface area contributed by atoms with Gasteiger partial charge in [0.15, 0.2) is 11.5 Å². The predicted octanol–water partition coefficient (Wildman–Crippen LogP) is 6.29. The molecule has 0 aliphatic carbocycles. The molecule has 5 nitrogen and oxygen atoms in total. The minimum Gasteiger partial charge on any atom is -0.452 e. The number of hydrogen-bond acceptors (Lipinski definition) is 5. The van der Waals surface area contributed by atoms with Gasteiger partial charge >= 0.3 is 0 Å². The number of unbranched alkanes of at least 4 members (excludes halogenated alkanes) is 2. The van der Waals surface area contributed by atoms with Gasteiger partial charge in [-0.05, 0) is 61.4 Å². The van der Waals surface area contributed by atoms with Crippen LogP contribution in [0.1, 0.15) is 64.0 Å². The van der Waals surface area contributed by atoms with Gasteiger partial charge in [-0.2, -0.15) is 13.5 Å². The highest BCUT2D eigenvalue weighted by Crippen LogP contribution is 2.49. The normalized spacial score (nSPS) is 13.0. The molecule has 6 heteroatoms. The second-order valence-electron chi connectivity index (χ2n) is 7.51. The topological polar surface area (TPSA) is 55.8 Å². The molecule has 1 aliphatic rings. The van der Waals surface area contributed by atoms with Crippen LogP contribution in [0, 0.1) is 0 Å². The molecule has 0 bridgehead atoms. The molecule has 0 fully saturated rings. The van der Waals surface area contributed by atoms with E-state index < -0.39 is 10.1 Å². The Morgan fingerprint density at radius 3 is 2.38 bits per heavy atom. The molecular formula is C23H31NO4S. The number of fused-ring (bicyclic) bond motifs is 2. The Labute approximate surface area is 174 Å². The average Bonchev–Trinajstić information content (AvgIpc) is 2.70. The van der Waals surface area contributed by atoms with Gasteiger partial charge in [-0.1, -0.05) is 51.8 Å². The summed E-state index contributed by atoms with van der Waals surface area (Å²) in [5.74, 6) is 1.27. The Hall–Kier alpha value is -2.05. The molecule has 2 aromatic carbocycles. The van der Waals surface area contributed by atoms with Crippen molar-refractivity contribution in [2.45, 2.75) is 65.7 Å². The van der Waals surface area contributed by atoms with Crippen molar-refractivity contribution in [2.75, 3.05) is 10.8 Å². The fourth-order valence-electron chi connectivity index (χ4n) is 3.52. The van der Waals surface area contributed by atoms with Crippen molar-refractivity contribution in [2.24, 2.45) is 0 Å². The third-order valence-electron chi connectivity index (χ3n) is 4.98. The maximum atomic E-state index is 12.5. The molecule has 1 heterocycles. The molecule has 0 spiro atoms. The van der Waals surface area contributed by atoms with E-state index in [2.05, 4.69) is 19.9 Å². The van der Waals surface area contributed by atoms with E-state index in [-0.39, 0.29) is 5.75 Å². The van der Waals surface area contributed by atoms with E-state index in [0.717, 1.165) is 44.1 Å². The lowest BCUT2D eigenvalue weighted by molar-refractivity contribution is 0.307. The van der Waals surface area contributed by atoms with E-state index in [4.69, 9.17) is 9.02 Å². The third-order valence-corrected chi connectivity index (χ3v) is 6.27. The Balaban J connectivity index is 2.12. The van der Waals surface area contributed by atoms with Crippen molar-refractivity contribution in [1.82, 2.24) is 0 Å². The number of aryl methyl sites for hydroxylation is 2. The quantitative estimate of drug-likeness (QED) is 0.455. The second-order valence-corrected chi connectivity index (χ2v) is 9.18. The van der Waals surface area contributed by atoms with Crippen LogP contribution in [0.5, 0.6) is 11.5 Å². The van der Waals surface area contributed by atoms with Gasteiger partial charge in [0, 0.05) is 0 Å². The van der Waals surface area contributed by atoms with Crippen molar-refractivity contribution < 1.29 is 17.4 Å². The van der Waals surface area contributed by atoms with Crippen LogP contribution >= 0.6 is 0 Å². The molecule has 0 atom stereocenters. The summed E-state index contributed by atoms with van der Waals surface area (Å²) < 4.78 is 36.9. The lowest BCUT2D eigenvalue weighted by atomic mass is 9.98. The molecular weight excluding hydrogens is 386 g/mol. The standard InChI is InChI=1S/C23H31NO4S/c1-4-7-11-18-16-19(12-8-5-2)23-21(17-18)24(28-29(25,26)15-6-3)20-13-9-10-14-22(20)27-23/h9-10,13-14,16-17H,4-8,11-12,15H2,1-3H3. The van der Waals surface area contributed by atoms with E-state index in [1.54, 1.807) is 0 Å². The highest BCUT2D eigenvalue weighted by molar-refractivity contribution is 7.86. The highest BCUT2D eigenvalue weighted by atomic mass is 32.2. The summed E-state index contributed by atoms with van der Waals surface area (Å²) >= 11 is 0. The molecule has 3 rings (SSSR count). The first-order valence-corrected chi connectivity index (χ1v) is 12.2. The van der Waals surface area contributed by atoms with Gasteiger partial charge in [0.1, 0.15) is 11.4 Å². The fourth-order valence-corrected chi connectivity index (χ4v) is 4.48. The molecule has 0 N–H and O–H groups in total. The van der Waals surface area contributed by atoms with E-state index in [9.17, 15) is 8.42 Å². The smallest absolute Gasteiger partial charge is 0.288 e. The minimum absolute atomic E-state index is 0.0277. The molecule has 0 saturated heterocycles. The number of benzene rings is 2. The van der Waals surface area contributed by atoms with Crippen LogP contribution in [0.2, 0.25) is 0 Å². The Morgan fingerprint density at radius 2 is 1.66 bits per heavy atom. The van der Waals surface area contributed by atoms with Gasteiger partial charge in [-0.15, -0.1) is 4.28 Å². The Morgan fingerprint density at radius 1 is 0.931 bits per heavy atom. The monoisotopic (exact) mass is 417 g/mol. The van der Waals surface area contributed by atoms with E-state index in [1.165, 1.54) is 10.6 Å². The molecule has 0 saturated carbocycles. The third kappa shape index (κ3) is 5.11. The van der Waals surface area contributed by atoms with Gasteiger partial charge in [0.2, 0.25) is 0 Å². The largest absolute Gasteiger partial charge is 0.452 e. The van der Waals surface area contributed by atoms with Crippen molar-refractivity contribution in [3.8, 4) is 11.5 Å². The molecule has 1 aliphatic heterocycles. The maximum absolute atomic E-state index is 12.5. The van der Waals surface area contributed by atoms with Gasteiger partial charge in [0.05, 0.1) is 5.75 Å². The van der Waals surface area contributed by atoms with E-state index in [0.29, 0.717) is 29.3 Å². The molecule has 0 aromatic heterocycles. The maximum Gasteiger partial charge on any atom is 0.288 e. The molecule has 2 aromatic rings. The lowest BCUT2D eigenvalue weighted by Crippen LogP contribution is -2.27. The second kappa shape index (κ2) is 9.63. The first-order valence-electron chi connectivity index (χ1n) is 10.6. The molecule has 0 unspecified atom stereocenters. The summed E-state index contributed by atoms with van der Waals surface area (Å²) in [5.41, 5.74) is 3.56. The first kappa shape index (κ1) is 21.7. The average molecular weight is 418 g/mol.